The molecule has 0 heteroatoms. The summed E-state index contributed by atoms with van der Waals surface area (Å²) in [6, 6.07) is 10.8. The first kappa shape index (κ1) is 11.9. The van der Waals surface area contributed by atoms with Crippen LogP contribution in [0.1, 0.15) is 32.3 Å². The van der Waals surface area contributed by atoms with E-state index in [0.717, 1.165) is 0 Å². The molecule has 0 spiro atoms. The van der Waals surface area contributed by atoms with Gasteiger partial charge in [-0.25, -0.2) is 0 Å². The summed E-state index contributed by atoms with van der Waals surface area (Å²) in [7, 11) is 0. The molecule has 1 atom stereocenters. The highest BCUT2D eigenvalue weighted by Gasteiger charge is 2.31. The average molecular weight is 224 g/mol. The van der Waals surface area contributed by atoms with Gasteiger partial charge >= 0.3 is 0 Å². The van der Waals surface area contributed by atoms with Crippen molar-refractivity contribution in [1.29, 1.82) is 0 Å². The normalized spacial score (nSPS) is 22.8. The standard InChI is InChI=1S/C17H20/c1-4-9-14-12-8-13-17(2,3)16(14)15-10-6-5-7-11-15/h4-13,16H,1-3H3. The lowest BCUT2D eigenvalue weighted by Crippen LogP contribution is -2.23. The number of hydrogen-bond acceptors (Lipinski definition) is 0. The van der Waals surface area contributed by atoms with Crippen LogP contribution in [0.5, 0.6) is 0 Å². The van der Waals surface area contributed by atoms with Gasteiger partial charge in [0.25, 0.3) is 0 Å². The van der Waals surface area contributed by atoms with Crippen molar-refractivity contribution in [2.45, 2.75) is 26.7 Å². The second-order valence-electron chi connectivity index (χ2n) is 5.19. The summed E-state index contributed by atoms with van der Waals surface area (Å²) in [6.07, 6.45) is 11.1. The Morgan fingerprint density at radius 2 is 1.82 bits per heavy atom. The van der Waals surface area contributed by atoms with Crippen LogP contribution in [0, 0.1) is 5.41 Å². The highest BCUT2D eigenvalue weighted by Crippen LogP contribution is 2.44. The van der Waals surface area contributed by atoms with Gasteiger partial charge in [0.15, 0.2) is 0 Å². The van der Waals surface area contributed by atoms with Gasteiger partial charge in [-0.1, -0.05) is 74.6 Å². The third-order valence-corrected chi connectivity index (χ3v) is 3.38. The lowest BCUT2D eigenvalue weighted by atomic mass is 9.68. The summed E-state index contributed by atoms with van der Waals surface area (Å²) in [6.45, 7) is 6.68. The Morgan fingerprint density at radius 1 is 1.12 bits per heavy atom. The minimum absolute atomic E-state index is 0.172. The van der Waals surface area contributed by atoms with Crippen LogP contribution in [0.15, 0.2) is 66.3 Å². The van der Waals surface area contributed by atoms with Gasteiger partial charge in [0, 0.05) is 5.92 Å². The highest BCUT2D eigenvalue weighted by molar-refractivity contribution is 5.43. The largest absolute Gasteiger partial charge is 0.0874 e. The molecule has 1 aromatic carbocycles. The van der Waals surface area contributed by atoms with E-state index < -0.39 is 0 Å². The van der Waals surface area contributed by atoms with Gasteiger partial charge in [-0.3, -0.25) is 0 Å². The zero-order valence-corrected chi connectivity index (χ0v) is 10.9. The van der Waals surface area contributed by atoms with Crippen LogP contribution < -0.4 is 0 Å². The van der Waals surface area contributed by atoms with Crippen LogP contribution in [0.4, 0.5) is 0 Å². The number of rotatable bonds is 2. The molecular weight excluding hydrogens is 204 g/mol. The fourth-order valence-electron chi connectivity index (χ4n) is 2.64. The molecule has 0 heterocycles. The van der Waals surface area contributed by atoms with E-state index in [9.17, 15) is 0 Å². The van der Waals surface area contributed by atoms with Gasteiger partial charge in [-0.05, 0) is 23.5 Å². The molecule has 0 amide bonds. The number of hydrogen-bond donors (Lipinski definition) is 0. The van der Waals surface area contributed by atoms with E-state index in [1.165, 1.54) is 11.1 Å². The molecule has 2 rings (SSSR count). The van der Waals surface area contributed by atoms with Crippen molar-refractivity contribution in [3.63, 3.8) is 0 Å². The molecule has 0 nitrogen and oxygen atoms in total. The van der Waals surface area contributed by atoms with E-state index in [4.69, 9.17) is 0 Å². The van der Waals surface area contributed by atoms with Crippen LogP contribution >= 0.6 is 0 Å². The summed E-state index contributed by atoms with van der Waals surface area (Å²) >= 11 is 0. The van der Waals surface area contributed by atoms with Gasteiger partial charge in [0.2, 0.25) is 0 Å². The van der Waals surface area contributed by atoms with E-state index in [0.29, 0.717) is 5.92 Å². The van der Waals surface area contributed by atoms with Crippen LogP contribution in [0.25, 0.3) is 0 Å². The van der Waals surface area contributed by atoms with Crippen molar-refractivity contribution in [2.24, 2.45) is 5.41 Å². The molecule has 0 aliphatic heterocycles. The molecule has 1 aliphatic rings. The molecule has 0 fully saturated rings. The summed E-state index contributed by atoms with van der Waals surface area (Å²) in [4.78, 5) is 0. The quantitative estimate of drug-likeness (QED) is 0.672. The van der Waals surface area contributed by atoms with Crippen LogP contribution in [-0.2, 0) is 0 Å². The first-order valence-corrected chi connectivity index (χ1v) is 6.22. The molecule has 17 heavy (non-hydrogen) atoms. The molecule has 88 valence electrons. The Morgan fingerprint density at radius 3 is 2.47 bits per heavy atom. The van der Waals surface area contributed by atoms with Gasteiger partial charge in [0.1, 0.15) is 0 Å². The zero-order valence-electron chi connectivity index (χ0n) is 10.9. The van der Waals surface area contributed by atoms with Crippen molar-refractivity contribution >= 4 is 0 Å². The predicted octanol–water partition coefficient (Wildman–Crippen LogP) is 4.87. The number of allylic oxidation sites excluding steroid dienone is 6. The summed E-state index contributed by atoms with van der Waals surface area (Å²) in [5.41, 5.74) is 2.96. The van der Waals surface area contributed by atoms with Gasteiger partial charge in [0.05, 0.1) is 0 Å². The lowest BCUT2D eigenvalue weighted by molar-refractivity contribution is 0.411. The first-order chi connectivity index (χ1) is 8.15. The zero-order chi connectivity index (χ0) is 12.3. The van der Waals surface area contributed by atoms with Crippen molar-refractivity contribution < 1.29 is 0 Å². The second kappa shape index (κ2) is 4.75. The predicted molar refractivity (Wildman–Crippen MR) is 75.0 cm³/mol. The van der Waals surface area contributed by atoms with E-state index in [2.05, 4.69) is 81.5 Å². The van der Waals surface area contributed by atoms with Crippen molar-refractivity contribution in [3.05, 3.63) is 71.8 Å². The maximum absolute atomic E-state index is 2.30. The molecule has 0 bridgehead atoms. The molecule has 0 saturated carbocycles. The van der Waals surface area contributed by atoms with Gasteiger partial charge in [-0.2, -0.15) is 0 Å². The number of benzene rings is 1. The monoisotopic (exact) mass is 224 g/mol. The lowest BCUT2D eigenvalue weighted by Gasteiger charge is -2.35. The van der Waals surface area contributed by atoms with Crippen molar-refractivity contribution in [3.8, 4) is 0 Å². The molecule has 0 radical (unpaired) electrons. The summed E-state index contributed by atoms with van der Waals surface area (Å²) in [5, 5.41) is 0. The fourth-order valence-corrected chi connectivity index (χ4v) is 2.64. The van der Waals surface area contributed by atoms with E-state index >= 15 is 0 Å². The third-order valence-electron chi connectivity index (χ3n) is 3.38. The molecule has 0 aromatic heterocycles. The molecule has 0 N–H and O–H groups in total. The van der Waals surface area contributed by atoms with Crippen LogP contribution in [-0.4, -0.2) is 0 Å². The summed E-state index contributed by atoms with van der Waals surface area (Å²) in [5.74, 6) is 0.449. The molecule has 1 aliphatic carbocycles. The molecule has 0 saturated heterocycles. The summed E-state index contributed by atoms with van der Waals surface area (Å²) < 4.78 is 0. The van der Waals surface area contributed by atoms with E-state index in [1.54, 1.807) is 0 Å². The minimum atomic E-state index is 0.172. The first-order valence-electron chi connectivity index (χ1n) is 6.22. The third kappa shape index (κ3) is 2.41. The minimum Gasteiger partial charge on any atom is -0.0874 e. The SMILES string of the molecule is CC=CC1=CC=CC(C)(C)C1c1ccccc1. The topological polar surface area (TPSA) is 0 Å². The Hall–Kier alpha value is -1.56. The highest BCUT2D eigenvalue weighted by atomic mass is 14.3. The fraction of sp³-hybridized carbons (Fsp3) is 0.294. The van der Waals surface area contributed by atoms with Crippen molar-refractivity contribution in [1.82, 2.24) is 0 Å². The smallest absolute Gasteiger partial charge is 0.0175 e. The van der Waals surface area contributed by atoms with Crippen LogP contribution in [0.3, 0.4) is 0 Å². The Balaban J connectivity index is 2.47. The Kier molecular flexibility index (Phi) is 3.33. The average Bonchev–Trinajstić information content (AvgIpc) is 2.29. The van der Waals surface area contributed by atoms with Gasteiger partial charge in [-0.15, -0.1) is 0 Å². The van der Waals surface area contributed by atoms with Crippen molar-refractivity contribution in [2.75, 3.05) is 0 Å². The molecule has 1 unspecified atom stereocenters. The van der Waals surface area contributed by atoms with E-state index in [-0.39, 0.29) is 5.41 Å². The van der Waals surface area contributed by atoms with Crippen LogP contribution in [0.2, 0.25) is 0 Å². The van der Waals surface area contributed by atoms with Gasteiger partial charge < -0.3 is 0 Å². The van der Waals surface area contributed by atoms with E-state index in [1.807, 2.05) is 0 Å². The molecular formula is C17H20. The maximum Gasteiger partial charge on any atom is 0.0175 e. The Bertz CT molecular complexity index is 458. The second-order valence-corrected chi connectivity index (χ2v) is 5.19. The molecule has 1 aromatic rings. The maximum atomic E-state index is 2.30. The Labute approximate surface area is 104 Å².